The minimum atomic E-state index is -0.171. The fourth-order valence-electron chi connectivity index (χ4n) is 7.46. The number of allylic oxidation sites excluding steroid dienone is 2. The van der Waals surface area contributed by atoms with Gasteiger partial charge in [-0.2, -0.15) is 0 Å². The van der Waals surface area contributed by atoms with Crippen molar-refractivity contribution < 1.29 is 9.59 Å². The summed E-state index contributed by atoms with van der Waals surface area (Å²) in [6.07, 6.45) is 8.13. The molecule has 0 spiro atoms. The van der Waals surface area contributed by atoms with Crippen molar-refractivity contribution in [3.8, 4) is 0 Å². The molecule has 0 aromatic carbocycles. The van der Waals surface area contributed by atoms with Crippen LogP contribution in [0.2, 0.25) is 0 Å². The maximum Gasteiger partial charge on any atom is 0.224 e. The van der Waals surface area contributed by atoms with Crippen molar-refractivity contribution in [1.82, 2.24) is 10.2 Å². The van der Waals surface area contributed by atoms with Crippen LogP contribution in [0.25, 0.3) is 0 Å². The minimum Gasteiger partial charge on any atom is -0.377 e. The SMILES string of the molecule is CN1C[C@@H]2[C@@H](CC[C@]3(C)C(C(=O)NC(C)(C)C)CC[C@@H]23)[C@@]2(C)CCC(=O)C=C12. The number of carbonyl (C=O) groups is 2. The third-order valence-electron chi connectivity index (χ3n) is 8.74. The number of amides is 1. The molecular formula is C24H38N2O2. The topological polar surface area (TPSA) is 49.4 Å². The smallest absolute Gasteiger partial charge is 0.224 e. The molecule has 1 aliphatic heterocycles. The number of fused-ring (bicyclic) bond motifs is 5. The van der Waals surface area contributed by atoms with Crippen LogP contribution in [-0.2, 0) is 9.59 Å². The van der Waals surface area contributed by atoms with Crippen molar-refractivity contribution in [2.75, 3.05) is 13.6 Å². The zero-order valence-corrected chi connectivity index (χ0v) is 18.6. The van der Waals surface area contributed by atoms with Crippen molar-refractivity contribution in [1.29, 1.82) is 0 Å². The molecule has 0 aromatic rings. The second kappa shape index (κ2) is 6.34. The number of carbonyl (C=O) groups excluding carboxylic acids is 2. The lowest BCUT2D eigenvalue weighted by Crippen LogP contribution is -2.58. The molecule has 0 radical (unpaired) electrons. The fraction of sp³-hybridized carbons (Fsp3) is 0.833. The summed E-state index contributed by atoms with van der Waals surface area (Å²) in [6, 6.07) is 0. The zero-order chi connectivity index (χ0) is 20.5. The number of likely N-dealkylation sites (tertiary alicyclic amines) is 1. The molecule has 1 heterocycles. The van der Waals surface area contributed by atoms with E-state index >= 15 is 0 Å². The maximum atomic E-state index is 13.1. The van der Waals surface area contributed by atoms with Crippen molar-refractivity contribution in [3.05, 3.63) is 11.8 Å². The van der Waals surface area contributed by atoms with Crippen LogP contribution >= 0.6 is 0 Å². The van der Waals surface area contributed by atoms with E-state index in [1.807, 2.05) is 6.08 Å². The van der Waals surface area contributed by atoms with Gasteiger partial charge in [-0.15, -0.1) is 0 Å². The molecule has 2 saturated carbocycles. The van der Waals surface area contributed by atoms with Crippen molar-refractivity contribution >= 4 is 11.7 Å². The maximum absolute atomic E-state index is 13.1. The van der Waals surface area contributed by atoms with Crippen LogP contribution in [0.3, 0.4) is 0 Å². The Hall–Kier alpha value is -1.32. The van der Waals surface area contributed by atoms with Gasteiger partial charge in [-0.3, -0.25) is 9.59 Å². The molecule has 0 bridgehead atoms. The predicted octanol–water partition coefficient (Wildman–Crippen LogP) is 4.16. The van der Waals surface area contributed by atoms with Gasteiger partial charge in [-0.25, -0.2) is 0 Å². The number of rotatable bonds is 1. The first-order valence-corrected chi connectivity index (χ1v) is 11.2. The van der Waals surface area contributed by atoms with Crippen LogP contribution in [0.4, 0.5) is 0 Å². The molecule has 3 fully saturated rings. The van der Waals surface area contributed by atoms with Gasteiger partial charge in [0, 0.05) is 48.7 Å². The Labute approximate surface area is 170 Å². The average molecular weight is 387 g/mol. The zero-order valence-electron chi connectivity index (χ0n) is 18.6. The lowest BCUT2D eigenvalue weighted by molar-refractivity contribution is -0.135. The number of ketones is 1. The summed E-state index contributed by atoms with van der Waals surface area (Å²) in [4.78, 5) is 27.6. The molecule has 4 aliphatic rings. The first-order chi connectivity index (χ1) is 13.0. The summed E-state index contributed by atoms with van der Waals surface area (Å²) < 4.78 is 0. The van der Waals surface area contributed by atoms with E-state index in [1.54, 1.807) is 0 Å². The molecule has 1 N–H and O–H groups in total. The Morgan fingerprint density at radius 2 is 1.86 bits per heavy atom. The molecule has 1 amide bonds. The highest BCUT2D eigenvalue weighted by molar-refractivity contribution is 5.91. The summed E-state index contributed by atoms with van der Waals surface area (Å²) >= 11 is 0. The Balaban J connectivity index is 1.62. The molecular weight excluding hydrogens is 348 g/mol. The van der Waals surface area contributed by atoms with Crippen LogP contribution in [0.1, 0.15) is 73.1 Å². The number of hydrogen-bond acceptors (Lipinski definition) is 3. The highest BCUT2D eigenvalue weighted by atomic mass is 16.2. The molecule has 4 nitrogen and oxygen atoms in total. The molecule has 6 atom stereocenters. The van der Waals surface area contributed by atoms with Crippen molar-refractivity contribution in [3.63, 3.8) is 0 Å². The van der Waals surface area contributed by atoms with Crippen LogP contribution in [0.15, 0.2) is 11.8 Å². The fourth-order valence-corrected chi connectivity index (χ4v) is 7.46. The highest BCUT2D eigenvalue weighted by Gasteiger charge is 2.61. The molecule has 4 heteroatoms. The van der Waals surface area contributed by atoms with Crippen LogP contribution in [-0.4, -0.2) is 35.7 Å². The van der Waals surface area contributed by atoms with E-state index in [-0.39, 0.29) is 28.2 Å². The predicted molar refractivity (Wildman–Crippen MR) is 111 cm³/mol. The lowest BCUT2D eigenvalue weighted by Gasteiger charge is -2.60. The third-order valence-corrected chi connectivity index (χ3v) is 8.74. The van der Waals surface area contributed by atoms with Gasteiger partial charge in [0.05, 0.1) is 0 Å². The molecule has 0 aromatic heterocycles. The van der Waals surface area contributed by atoms with Crippen molar-refractivity contribution in [2.45, 2.75) is 78.7 Å². The molecule has 4 rings (SSSR count). The summed E-state index contributed by atoms with van der Waals surface area (Å²) in [5.41, 5.74) is 1.34. The number of nitrogens with one attached hydrogen (secondary N) is 1. The van der Waals surface area contributed by atoms with Gasteiger partial charge in [0.15, 0.2) is 5.78 Å². The van der Waals surface area contributed by atoms with Gasteiger partial charge in [0.1, 0.15) is 0 Å². The Bertz CT molecular complexity index is 721. The highest BCUT2D eigenvalue weighted by Crippen LogP contribution is 2.65. The quantitative estimate of drug-likeness (QED) is 0.736. The molecule has 3 aliphatic carbocycles. The first-order valence-electron chi connectivity index (χ1n) is 11.2. The standard InChI is InChI=1S/C24H38N2O2/c1-22(2,3)25-21(28)19-8-7-17-16-14-26(6)20-13-15(27)9-11-24(20,5)18(16)10-12-23(17,19)4/h13,16-19H,7-12,14H2,1-6H3,(H,25,28)/t16-,17-,18+,19?,23-,24+/m0/s1. The second-order valence-electron chi connectivity index (χ2n) is 11.6. The van der Waals surface area contributed by atoms with Gasteiger partial charge in [-0.1, -0.05) is 13.8 Å². The summed E-state index contributed by atoms with van der Waals surface area (Å²) in [5, 5.41) is 3.26. The molecule has 28 heavy (non-hydrogen) atoms. The van der Waals surface area contributed by atoms with E-state index in [4.69, 9.17) is 0 Å². The number of hydrogen-bond donors (Lipinski definition) is 1. The minimum absolute atomic E-state index is 0.111. The average Bonchev–Trinajstić information content (AvgIpc) is 2.93. The Morgan fingerprint density at radius 3 is 2.54 bits per heavy atom. The van der Waals surface area contributed by atoms with Crippen LogP contribution in [0, 0.1) is 34.5 Å². The van der Waals surface area contributed by atoms with Gasteiger partial charge >= 0.3 is 0 Å². The summed E-state index contributed by atoms with van der Waals surface area (Å²) in [5.74, 6) is 2.58. The summed E-state index contributed by atoms with van der Waals surface area (Å²) in [7, 11) is 2.17. The second-order valence-corrected chi connectivity index (χ2v) is 11.6. The Kier molecular flexibility index (Phi) is 4.52. The molecule has 156 valence electrons. The van der Waals surface area contributed by atoms with Crippen LogP contribution in [0.5, 0.6) is 0 Å². The number of piperidine rings is 1. The number of nitrogens with zero attached hydrogens (tertiary/aromatic N) is 1. The monoisotopic (exact) mass is 386 g/mol. The van der Waals surface area contributed by atoms with Gasteiger partial charge < -0.3 is 10.2 Å². The van der Waals surface area contributed by atoms with E-state index in [1.165, 1.54) is 18.5 Å². The molecule has 1 saturated heterocycles. The van der Waals surface area contributed by atoms with E-state index in [0.29, 0.717) is 30.0 Å². The first kappa shape index (κ1) is 20.0. The van der Waals surface area contributed by atoms with Crippen molar-refractivity contribution in [2.24, 2.45) is 34.5 Å². The Morgan fingerprint density at radius 1 is 1.14 bits per heavy atom. The van der Waals surface area contributed by atoms with E-state index in [9.17, 15) is 9.59 Å². The van der Waals surface area contributed by atoms with Gasteiger partial charge in [0.2, 0.25) is 5.91 Å². The van der Waals surface area contributed by atoms with E-state index < -0.39 is 0 Å². The third kappa shape index (κ3) is 2.93. The van der Waals surface area contributed by atoms with E-state index in [0.717, 1.165) is 25.8 Å². The van der Waals surface area contributed by atoms with E-state index in [2.05, 4.69) is 51.9 Å². The summed E-state index contributed by atoms with van der Waals surface area (Å²) in [6.45, 7) is 12.1. The largest absolute Gasteiger partial charge is 0.377 e. The van der Waals surface area contributed by atoms with Gasteiger partial charge in [0.25, 0.3) is 0 Å². The van der Waals surface area contributed by atoms with Gasteiger partial charge in [-0.05, 0) is 76.0 Å². The lowest BCUT2D eigenvalue weighted by atomic mass is 9.49. The molecule has 1 unspecified atom stereocenters. The van der Waals surface area contributed by atoms with Crippen LogP contribution < -0.4 is 5.32 Å². The normalized spacial score (nSPS) is 43.0.